The maximum absolute atomic E-state index is 5.84. The van der Waals surface area contributed by atoms with Gasteiger partial charge in [0.05, 0.1) is 20.3 Å². The molecule has 20 heavy (non-hydrogen) atoms. The first-order valence-electron chi connectivity index (χ1n) is 7.17. The summed E-state index contributed by atoms with van der Waals surface area (Å²) in [5.74, 6) is 2.23. The summed E-state index contributed by atoms with van der Waals surface area (Å²) < 4.78 is 16.5. The fourth-order valence-electron chi connectivity index (χ4n) is 3.69. The number of benzene rings is 1. The van der Waals surface area contributed by atoms with Crippen LogP contribution < -0.4 is 14.8 Å². The minimum Gasteiger partial charge on any atom is -0.497 e. The molecule has 0 spiro atoms. The molecule has 3 atom stereocenters. The Kier molecular flexibility index (Phi) is 3.28. The molecule has 1 aromatic rings. The van der Waals surface area contributed by atoms with Crippen LogP contribution in [0.3, 0.4) is 0 Å². The second-order valence-electron chi connectivity index (χ2n) is 6.29. The number of hydrogen-bond donors (Lipinski definition) is 1. The number of rotatable bonds is 4. The molecule has 1 saturated heterocycles. The second-order valence-corrected chi connectivity index (χ2v) is 6.29. The van der Waals surface area contributed by atoms with Gasteiger partial charge in [-0.2, -0.15) is 0 Å². The van der Waals surface area contributed by atoms with E-state index in [4.69, 9.17) is 14.2 Å². The van der Waals surface area contributed by atoms with E-state index >= 15 is 0 Å². The van der Waals surface area contributed by atoms with Crippen molar-refractivity contribution in [2.75, 3.05) is 26.1 Å². The molecule has 2 aliphatic rings. The zero-order valence-electron chi connectivity index (χ0n) is 12.6. The summed E-state index contributed by atoms with van der Waals surface area (Å²) >= 11 is 0. The molecule has 4 nitrogen and oxygen atoms in total. The zero-order chi connectivity index (χ0) is 14.3. The van der Waals surface area contributed by atoms with Crippen LogP contribution in [0.4, 0.5) is 5.69 Å². The van der Waals surface area contributed by atoms with Crippen molar-refractivity contribution in [3.8, 4) is 11.5 Å². The SMILES string of the molecule is COc1cc(NC2C3CCOC3C2(C)C)cc(OC)c1. The van der Waals surface area contributed by atoms with E-state index in [9.17, 15) is 0 Å². The summed E-state index contributed by atoms with van der Waals surface area (Å²) in [5, 5.41) is 3.65. The summed E-state index contributed by atoms with van der Waals surface area (Å²) in [5.41, 5.74) is 1.21. The van der Waals surface area contributed by atoms with Crippen LogP contribution in [0.2, 0.25) is 0 Å². The largest absolute Gasteiger partial charge is 0.497 e. The number of hydrogen-bond acceptors (Lipinski definition) is 4. The molecule has 110 valence electrons. The third-order valence-corrected chi connectivity index (χ3v) is 4.77. The van der Waals surface area contributed by atoms with Crippen LogP contribution in [-0.2, 0) is 4.74 Å². The van der Waals surface area contributed by atoms with E-state index in [1.165, 1.54) is 0 Å². The summed E-state index contributed by atoms with van der Waals surface area (Å²) in [6.45, 7) is 5.43. The molecule has 1 aliphatic heterocycles. The number of anilines is 1. The van der Waals surface area contributed by atoms with Gasteiger partial charge in [0.25, 0.3) is 0 Å². The Morgan fingerprint density at radius 3 is 2.40 bits per heavy atom. The Morgan fingerprint density at radius 2 is 1.80 bits per heavy atom. The molecule has 1 aromatic carbocycles. The van der Waals surface area contributed by atoms with Crippen molar-refractivity contribution in [2.45, 2.75) is 32.4 Å². The van der Waals surface area contributed by atoms with Gasteiger partial charge >= 0.3 is 0 Å². The number of ether oxygens (including phenoxy) is 3. The van der Waals surface area contributed by atoms with Gasteiger partial charge in [0.1, 0.15) is 11.5 Å². The lowest BCUT2D eigenvalue weighted by Gasteiger charge is -2.55. The summed E-state index contributed by atoms with van der Waals surface area (Å²) in [6, 6.07) is 6.36. The number of fused-ring (bicyclic) bond motifs is 1. The van der Waals surface area contributed by atoms with E-state index in [2.05, 4.69) is 19.2 Å². The molecule has 0 radical (unpaired) electrons. The van der Waals surface area contributed by atoms with Gasteiger partial charge in [-0.3, -0.25) is 0 Å². The normalized spacial score (nSPS) is 30.3. The summed E-state index contributed by atoms with van der Waals surface area (Å²) in [6.07, 6.45) is 1.54. The van der Waals surface area contributed by atoms with Crippen LogP contribution in [0.15, 0.2) is 18.2 Å². The van der Waals surface area contributed by atoms with Gasteiger partial charge in [-0.05, 0) is 6.42 Å². The van der Waals surface area contributed by atoms with E-state index in [-0.39, 0.29) is 5.41 Å². The highest BCUT2D eigenvalue weighted by atomic mass is 16.5. The molecule has 1 N–H and O–H groups in total. The van der Waals surface area contributed by atoms with Gasteiger partial charge in [-0.1, -0.05) is 13.8 Å². The van der Waals surface area contributed by atoms with Crippen molar-refractivity contribution in [3.63, 3.8) is 0 Å². The Bertz CT molecular complexity index is 478. The molecule has 1 heterocycles. The fourth-order valence-corrected chi connectivity index (χ4v) is 3.69. The molecule has 3 unspecified atom stereocenters. The molecule has 2 fully saturated rings. The second kappa shape index (κ2) is 4.85. The van der Waals surface area contributed by atoms with Gasteiger partial charge in [0.15, 0.2) is 0 Å². The zero-order valence-corrected chi connectivity index (χ0v) is 12.6. The third-order valence-electron chi connectivity index (χ3n) is 4.77. The standard InChI is InChI=1S/C16H23NO3/c1-16(2)14(13-5-6-20-15(13)16)17-10-7-11(18-3)9-12(8-10)19-4/h7-9,13-15,17H,5-6H2,1-4H3. The van der Waals surface area contributed by atoms with Crippen LogP contribution in [0.25, 0.3) is 0 Å². The topological polar surface area (TPSA) is 39.7 Å². The molecular formula is C16H23NO3. The Balaban J connectivity index is 1.81. The molecule has 1 aliphatic carbocycles. The molecular weight excluding hydrogens is 254 g/mol. The van der Waals surface area contributed by atoms with Gasteiger partial charge in [-0.25, -0.2) is 0 Å². The highest BCUT2D eigenvalue weighted by Gasteiger charge is 2.59. The van der Waals surface area contributed by atoms with Crippen LogP contribution >= 0.6 is 0 Å². The third kappa shape index (κ3) is 2.03. The first-order chi connectivity index (χ1) is 9.56. The highest BCUT2D eigenvalue weighted by molar-refractivity contribution is 5.55. The first kappa shape index (κ1) is 13.6. The van der Waals surface area contributed by atoms with E-state index in [1.54, 1.807) is 14.2 Å². The van der Waals surface area contributed by atoms with E-state index in [1.807, 2.05) is 18.2 Å². The molecule has 0 bridgehead atoms. The maximum atomic E-state index is 5.84. The smallest absolute Gasteiger partial charge is 0.124 e. The monoisotopic (exact) mass is 277 g/mol. The van der Waals surface area contributed by atoms with Gasteiger partial charge in [0, 0.05) is 47.9 Å². The van der Waals surface area contributed by atoms with Gasteiger partial charge < -0.3 is 19.5 Å². The lowest BCUT2D eigenvalue weighted by molar-refractivity contribution is -0.0923. The molecule has 0 amide bonds. The molecule has 1 saturated carbocycles. The highest BCUT2D eigenvalue weighted by Crippen LogP contribution is 2.53. The predicted molar refractivity (Wildman–Crippen MR) is 78.6 cm³/mol. The van der Waals surface area contributed by atoms with E-state index in [0.717, 1.165) is 30.2 Å². The first-order valence-corrected chi connectivity index (χ1v) is 7.17. The van der Waals surface area contributed by atoms with Crippen LogP contribution in [0.5, 0.6) is 11.5 Å². The average Bonchev–Trinajstić information content (AvgIpc) is 2.91. The Hall–Kier alpha value is -1.42. The van der Waals surface area contributed by atoms with E-state index < -0.39 is 0 Å². The quantitative estimate of drug-likeness (QED) is 0.918. The molecule has 4 heteroatoms. The van der Waals surface area contributed by atoms with E-state index in [0.29, 0.717) is 18.1 Å². The minimum atomic E-state index is 0.164. The fraction of sp³-hybridized carbons (Fsp3) is 0.625. The van der Waals surface area contributed by atoms with Crippen molar-refractivity contribution in [2.24, 2.45) is 11.3 Å². The average molecular weight is 277 g/mol. The summed E-state index contributed by atoms with van der Waals surface area (Å²) in [4.78, 5) is 0. The van der Waals surface area contributed by atoms with Crippen molar-refractivity contribution < 1.29 is 14.2 Å². The van der Waals surface area contributed by atoms with Crippen LogP contribution in [0, 0.1) is 11.3 Å². The Labute approximate surface area is 120 Å². The van der Waals surface area contributed by atoms with Crippen molar-refractivity contribution in [3.05, 3.63) is 18.2 Å². The number of nitrogens with one attached hydrogen (secondary N) is 1. The van der Waals surface area contributed by atoms with Crippen molar-refractivity contribution in [1.82, 2.24) is 0 Å². The van der Waals surface area contributed by atoms with Crippen molar-refractivity contribution in [1.29, 1.82) is 0 Å². The maximum Gasteiger partial charge on any atom is 0.124 e. The number of methoxy groups -OCH3 is 2. The molecule has 3 rings (SSSR count). The van der Waals surface area contributed by atoms with Gasteiger partial charge in [0.2, 0.25) is 0 Å². The molecule has 0 aromatic heterocycles. The minimum absolute atomic E-state index is 0.164. The van der Waals surface area contributed by atoms with Crippen molar-refractivity contribution >= 4 is 5.69 Å². The Morgan fingerprint density at radius 1 is 1.15 bits per heavy atom. The van der Waals surface area contributed by atoms with Crippen LogP contribution in [0.1, 0.15) is 20.3 Å². The predicted octanol–water partition coefficient (Wildman–Crippen LogP) is 2.93. The summed E-state index contributed by atoms with van der Waals surface area (Å²) in [7, 11) is 3.35. The van der Waals surface area contributed by atoms with Gasteiger partial charge in [-0.15, -0.1) is 0 Å². The lowest BCUT2D eigenvalue weighted by atomic mass is 9.57. The lowest BCUT2D eigenvalue weighted by Crippen LogP contribution is -2.63. The van der Waals surface area contributed by atoms with Crippen LogP contribution in [-0.4, -0.2) is 33.0 Å².